The molecule has 1 saturated carbocycles. The molecule has 0 bridgehead atoms. The number of aliphatic imine (C=N–C) groups is 1. The van der Waals surface area contributed by atoms with E-state index < -0.39 is 0 Å². The highest BCUT2D eigenvalue weighted by atomic mass is 32.2. The second kappa shape index (κ2) is 5.27. The summed E-state index contributed by atoms with van der Waals surface area (Å²) >= 11 is 1.94. The van der Waals surface area contributed by atoms with Gasteiger partial charge in [0.05, 0.1) is 19.8 Å². The highest BCUT2D eigenvalue weighted by Crippen LogP contribution is 2.42. The van der Waals surface area contributed by atoms with Crippen molar-refractivity contribution in [1.29, 1.82) is 0 Å². The smallest absolute Gasteiger partial charge is 0.191 e. The first-order chi connectivity index (χ1) is 7.76. The minimum Gasteiger partial charge on any atom is -0.378 e. The molecule has 1 saturated heterocycles. The Morgan fingerprint density at radius 3 is 2.62 bits per heavy atom. The molecule has 2 aliphatic rings. The van der Waals surface area contributed by atoms with Crippen LogP contribution in [0.25, 0.3) is 0 Å². The number of nitrogens with zero attached hydrogens (tertiary/aromatic N) is 2. The summed E-state index contributed by atoms with van der Waals surface area (Å²) in [6, 6.07) is 0. The largest absolute Gasteiger partial charge is 0.378 e. The van der Waals surface area contributed by atoms with E-state index in [1.54, 1.807) is 0 Å². The summed E-state index contributed by atoms with van der Waals surface area (Å²) in [4.78, 5) is 6.68. The Bertz CT molecular complexity index is 254. The van der Waals surface area contributed by atoms with Gasteiger partial charge >= 0.3 is 0 Å². The third kappa shape index (κ3) is 2.63. The van der Waals surface area contributed by atoms with E-state index >= 15 is 0 Å². The van der Waals surface area contributed by atoms with E-state index in [1.165, 1.54) is 19.3 Å². The number of thioether (sulfide) groups is 1. The fourth-order valence-electron chi connectivity index (χ4n) is 2.12. The Balaban J connectivity index is 1.85. The highest BCUT2D eigenvalue weighted by molar-refractivity contribution is 8.00. The fraction of sp³-hybridized carbons (Fsp3) is 0.909. The van der Waals surface area contributed by atoms with Crippen LogP contribution in [0.3, 0.4) is 0 Å². The maximum atomic E-state index is 6.00. The molecule has 4 nitrogen and oxygen atoms in total. The molecule has 1 aliphatic carbocycles. The van der Waals surface area contributed by atoms with Crippen LogP contribution in [0.1, 0.15) is 19.3 Å². The molecular weight excluding hydrogens is 222 g/mol. The minimum atomic E-state index is 0.386. The predicted molar refractivity (Wildman–Crippen MR) is 69.0 cm³/mol. The molecule has 0 atom stereocenters. The van der Waals surface area contributed by atoms with E-state index in [1.807, 2.05) is 11.8 Å². The van der Waals surface area contributed by atoms with Crippen molar-refractivity contribution in [2.24, 2.45) is 10.7 Å². The molecule has 0 amide bonds. The fourth-order valence-corrected chi connectivity index (χ4v) is 3.01. The van der Waals surface area contributed by atoms with Crippen LogP contribution < -0.4 is 5.73 Å². The van der Waals surface area contributed by atoms with E-state index in [0.29, 0.717) is 10.7 Å². The van der Waals surface area contributed by atoms with Crippen LogP contribution in [0, 0.1) is 0 Å². The normalized spacial score (nSPS) is 25.3. The Kier molecular flexibility index (Phi) is 3.97. The lowest BCUT2D eigenvalue weighted by Crippen LogP contribution is -2.46. The van der Waals surface area contributed by atoms with Gasteiger partial charge in [-0.05, 0) is 19.1 Å². The second-order valence-electron chi connectivity index (χ2n) is 4.51. The quantitative estimate of drug-likeness (QED) is 0.591. The summed E-state index contributed by atoms with van der Waals surface area (Å²) in [5, 5.41) is 0. The number of guanidine groups is 1. The zero-order valence-corrected chi connectivity index (χ0v) is 10.8. The molecule has 2 fully saturated rings. The van der Waals surface area contributed by atoms with Crippen LogP contribution in [-0.2, 0) is 4.74 Å². The van der Waals surface area contributed by atoms with Gasteiger partial charge in [-0.25, -0.2) is 0 Å². The van der Waals surface area contributed by atoms with Gasteiger partial charge in [0.1, 0.15) is 0 Å². The van der Waals surface area contributed by atoms with Crippen LogP contribution in [0.4, 0.5) is 0 Å². The van der Waals surface area contributed by atoms with Crippen molar-refractivity contribution in [2.75, 3.05) is 39.1 Å². The molecule has 0 aromatic carbocycles. The monoisotopic (exact) mass is 243 g/mol. The third-order valence-corrected chi connectivity index (χ3v) is 4.97. The number of rotatable bonds is 3. The topological polar surface area (TPSA) is 50.8 Å². The summed E-state index contributed by atoms with van der Waals surface area (Å²) in [5.41, 5.74) is 6.00. The van der Waals surface area contributed by atoms with Crippen molar-refractivity contribution in [3.8, 4) is 0 Å². The first-order valence-electron chi connectivity index (χ1n) is 5.93. The lowest BCUT2D eigenvalue weighted by molar-refractivity contribution is 0.0673. The van der Waals surface area contributed by atoms with Crippen molar-refractivity contribution < 1.29 is 4.74 Å². The van der Waals surface area contributed by atoms with Gasteiger partial charge in [0.25, 0.3) is 0 Å². The minimum absolute atomic E-state index is 0.386. The van der Waals surface area contributed by atoms with Gasteiger partial charge in [-0.2, -0.15) is 11.8 Å². The first kappa shape index (κ1) is 12.0. The Morgan fingerprint density at radius 1 is 1.44 bits per heavy atom. The van der Waals surface area contributed by atoms with Crippen molar-refractivity contribution in [3.05, 3.63) is 0 Å². The average Bonchev–Trinajstić information content (AvgIpc) is 2.29. The SMILES string of the molecule is CSC1(CN=C(N)N2CCOCC2)CCC1. The number of hydrogen-bond acceptors (Lipinski definition) is 3. The molecule has 0 radical (unpaired) electrons. The first-order valence-corrected chi connectivity index (χ1v) is 7.16. The Morgan fingerprint density at radius 2 is 2.12 bits per heavy atom. The lowest BCUT2D eigenvalue weighted by Gasteiger charge is -2.39. The molecule has 0 spiro atoms. The number of ether oxygens (including phenoxy) is 1. The van der Waals surface area contributed by atoms with Crippen LogP contribution in [0.5, 0.6) is 0 Å². The summed E-state index contributed by atoms with van der Waals surface area (Å²) in [7, 11) is 0. The van der Waals surface area contributed by atoms with E-state index in [0.717, 1.165) is 32.8 Å². The summed E-state index contributed by atoms with van der Waals surface area (Å²) in [5.74, 6) is 0.698. The maximum Gasteiger partial charge on any atom is 0.191 e. The standard InChI is InChI=1S/C11H21N3OS/c1-16-11(3-2-4-11)9-13-10(12)14-5-7-15-8-6-14/h2-9H2,1H3,(H2,12,13). The van der Waals surface area contributed by atoms with Crippen molar-refractivity contribution >= 4 is 17.7 Å². The molecule has 0 aromatic rings. The van der Waals surface area contributed by atoms with Crippen molar-refractivity contribution in [3.63, 3.8) is 0 Å². The van der Waals surface area contributed by atoms with Gasteiger partial charge in [0.15, 0.2) is 5.96 Å². The number of hydrogen-bond donors (Lipinski definition) is 1. The number of nitrogens with two attached hydrogens (primary N) is 1. The molecule has 0 aromatic heterocycles. The van der Waals surface area contributed by atoms with Crippen LogP contribution in [-0.4, -0.2) is 54.7 Å². The van der Waals surface area contributed by atoms with E-state index in [4.69, 9.17) is 10.5 Å². The van der Waals surface area contributed by atoms with Crippen molar-refractivity contribution in [1.82, 2.24) is 4.90 Å². The van der Waals surface area contributed by atoms with E-state index in [2.05, 4.69) is 16.1 Å². The van der Waals surface area contributed by atoms with Gasteiger partial charge < -0.3 is 15.4 Å². The Labute approximate surface area is 102 Å². The molecule has 1 heterocycles. The molecular formula is C11H21N3OS. The van der Waals surface area contributed by atoms with Crippen LogP contribution in [0.15, 0.2) is 4.99 Å². The average molecular weight is 243 g/mol. The second-order valence-corrected chi connectivity index (χ2v) is 5.79. The maximum absolute atomic E-state index is 6.00. The molecule has 5 heteroatoms. The third-order valence-electron chi connectivity index (χ3n) is 3.56. The lowest BCUT2D eigenvalue weighted by atomic mass is 9.84. The molecule has 0 unspecified atom stereocenters. The molecule has 2 rings (SSSR count). The zero-order valence-electron chi connectivity index (χ0n) is 9.95. The Hall–Kier alpha value is -0.420. The molecule has 16 heavy (non-hydrogen) atoms. The van der Waals surface area contributed by atoms with E-state index in [9.17, 15) is 0 Å². The zero-order chi connectivity index (χ0) is 11.4. The van der Waals surface area contributed by atoms with Crippen molar-refractivity contribution in [2.45, 2.75) is 24.0 Å². The summed E-state index contributed by atoms with van der Waals surface area (Å²) < 4.78 is 5.68. The van der Waals surface area contributed by atoms with Gasteiger partial charge in [-0.15, -0.1) is 0 Å². The molecule has 92 valence electrons. The van der Waals surface area contributed by atoms with Gasteiger partial charge in [-0.1, -0.05) is 6.42 Å². The number of morpholine rings is 1. The summed E-state index contributed by atoms with van der Waals surface area (Å²) in [6.07, 6.45) is 6.09. The van der Waals surface area contributed by atoms with Crippen LogP contribution in [0.2, 0.25) is 0 Å². The highest BCUT2D eigenvalue weighted by Gasteiger charge is 2.36. The molecule has 2 N–H and O–H groups in total. The van der Waals surface area contributed by atoms with E-state index in [-0.39, 0.29) is 0 Å². The van der Waals surface area contributed by atoms with Gasteiger partial charge in [-0.3, -0.25) is 4.99 Å². The van der Waals surface area contributed by atoms with Gasteiger partial charge in [0, 0.05) is 17.8 Å². The van der Waals surface area contributed by atoms with Gasteiger partial charge in [0.2, 0.25) is 0 Å². The predicted octanol–water partition coefficient (Wildman–Crippen LogP) is 0.919. The summed E-state index contributed by atoms with van der Waals surface area (Å²) in [6.45, 7) is 4.16. The molecule has 1 aliphatic heterocycles. The van der Waals surface area contributed by atoms with Crippen LogP contribution >= 0.6 is 11.8 Å².